The van der Waals surface area contributed by atoms with Crippen LogP contribution in [-0.4, -0.2) is 28.7 Å². The molecule has 1 fully saturated rings. The number of hydrogen-bond donors (Lipinski definition) is 2. The minimum absolute atomic E-state index is 0.136. The minimum atomic E-state index is -0.342. The number of nitro groups is 1. The summed E-state index contributed by atoms with van der Waals surface area (Å²) in [6.45, 7) is 0.659. The Bertz CT molecular complexity index is 436. The first-order valence-electron chi connectivity index (χ1n) is 6.82. The number of benzene rings is 1. The zero-order valence-corrected chi connectivity index (χ0v) is 10.9. The average molecular weight is 264 g/mol. The zero-order valence-electron chi connectivity index (χ0n) is 10.9. The van der Waals surface area contributed by atoms with Gasteiger partial charge in [-0.15, -0.1) is 0 Å². The quantitative estimate of drug-likeness (QED) is 0.630. The summed E-state index contributed by atoms with van der Waals surface area (Å²) in [5.41, 5.74) is 0.916. The van der Waals surface area contributed by atoms with E-state index < -0.39 is 0 Å². The number of nitrogens with zero attached hydrogens (tertiary/aromatic N) is 1. The van der Waals surface area contributed by atoms with Crippen molar-refractivity contribution < 1.29 is 10.0 Å². The Balaban J connectivity index is 1.87. The third-order valence-corrected chi connectivity index (χ3v) is 3.72. The van der Waals surface area contributed by atoms with E-state index in [2.05, 4.69) is 5.32 Å². The van der Waals surface area contributed by atoms with Crippen molar-refractivity contribution in [3.05, 3.63) is 39.9 Å². The average Bonchev–Trinajstić information content (AvgIpc) is 2.41. The molecule has 5 heteroatoms. The third-order valence-electron chi connectivity index (χ3n) is 3.72. The van der Waals surface area contributed by atoms with Gasteiger partial charge in [0.05, 0.1) is 11.0 Å². The molecule has 1 aromatic rings. The lowest BCUT2D eigenvalue weighted by Crippen LogP contribution is -2.42. The maximum atomic E-state index is 10.9. The normalized spacial score (nSPS) is 23.2. The molecule has 0 amide bonds. The molecule has 2 atom stereocenters. The number of rotatable bonds is 5. The van der Waals surface area contributed by atoms with Crippen LogP contribution in [0.15, 0.2) is 24.3 Å². The topological polar surface area (TPSA) is 75.4 Å². The molecule has 104 valence electrons. The number of aliphatic hydroxyl groups excluding tert-OH is 1. The van der Waals surface area contributed by atoms with Gasteiger partial charge in [-0.05, 0) is 25.8 Å². The third kappa shape index (κ3) is 3.75. The Hall–Kier alpha value is -1.46. The highest BCUT2D eigenvalue weighted by Crippen LogP contribution is 2.20. The van der Waals surface area contributed by atoms with Crippen LogP contribution in [0.3, 0.4) is 0 Å². The van der Waals surface area contributed by atoms with Gasteiger partial charge in [-0.2, -0.15) is 0 Å². The molecule has 0 aliphatic heterocycles. The van der Waals surface area contributed by atoms with Crippen molar-refractivity contribution in [1.29, 1.82) is 0 Å². The molecule has 1 aliphatic rings. The monoisotopic (exact) mass is 264 g/mol. The second kappa shape index (κ2) is 6.63. The number of nitro benzene ring substituents is 1. The summed E-state index contributed by atoms with van der Waals surface area (Å²) in [4.78, 5) is 10.5. The summed E-state index contributed by atoms with van der Waals surface area (Å²) in [5, 5.41) is 24.0. The van der Waals surface area contributed by atoms with Crippen molar-refractivity contribution in [1.82, 2.24) is 5.32 Å². The predicted molar refractivity (Wildman–Crippen MR) is 73.1 cm³/mol. The van der Waals surface area contributed by atoms with Crippen LogP contribution in [0, 0.1) is 10.1 Å². The highest BCUT2D eigenvalue weighted by Gasteiger charge is 2.22. The first-order chi connectivity index (χ1) is 9.18. The Labute approximate surface area is 112 Å². The van der Waals surface area contributed by atoms with Crippen LogP contribution in [0.1, 0.15) is 31.2 Å². The van der Waals surface area contributed by atoms with Crippen LogP contribution in [-0.2, 0) is 6.42 Å². The molecule has 2 unspecified atom stereocenters. The Kier molecular flexibility index (Phi) is 4.87. The lowest BCUT2D eigenvalue weighted by atomic mass is 9.92. The van der Waals surface area contributed by atoms with Gasteiger partial charge in [-0.1, -0.05) is 31.0 Å². The van der Waals surface area contributed by atoms with E-state index in [1.54, 1.807) is 12.1 Å². The number of aliphatic hydroxyl groups is 1. The molecule has 2 N–H and O–H groups in total. The van der Waals surface area contributed by atoms with Gasteiger partial charge in [0.2, 0.25) is 0 Å². The van der Waals surface area contributed by atoms with Crippen molar-refractivity contribution in [3.8, 4) is 0 Å². The van der Waals surface area contributed by atoms with E-state index >= 15 is 0 Å². The Morgan fingerprint density at radius 3 is 2.79 bits per heavy atom. The van der Waals surface area contributed by atoms with E-state index in [-0.39, 0.29) is 22.8 Å². The van der Waals surface area contributed by atoms with Crippen LogP contribution in [0.5, 0.6) is 0 Å². The van der Waals surface area contributed by atoms with Crippen molar-refractivity contribution in [2.75, 3.05) is 6.54 Å². The summed E-state index contributed by atoms with van der Waals surface area (Å²) in [5.74, 6) is 0. The first kappa shape index (κ1) is 14.0. The van der Waals surface area contributed by atoms with Gasteiger partial charge in [0.25, 0.3) is 5.69 Å². The van der Waals surface area contributed by atoms with E-state index in [0.717, 1.165) is 31.2 Å². The van der Waals surface area contributed by atoms with Crippen molar-refractivity contribution in [2.24, 2.45) is 0 Å². The fraction of sp³-hybridized carbons (Fsp3) is 0.571. The Morgan fingerprint density at radius 2 is 2.05 bits per heavy atom. The lowest BCUT2D eigenvalue weighted by molar-refractivity contribution is -0.385. The van der Waals surface area contributed by atoms with Gasteiger partial charge in [-0.25, -0.2) is 0 Å². The summed E-state index contributed by atoms with van der Waals surface area (Å²) in [6.07, 6.45) is 4.39. The second-order valence-electron chi connectivity index (χ2n) is 5.05. The summed E-state index contributed by atoms with van der Waals surface area (Å²) >= 11 is 0. The molecule has 19 heavy (non-hydrogen) atoms. The lowest BCUT2D eigenvalue weighted by Gasteiger charge is -2.28. The minimum Gasteiger partial charge on any atom is -0.392 e. The molecule has 0 aromatic heterocycles. The first-order valence-corrected chi connectivity index (χ1v) is 6.82. The van der Waals surface area contributed by atoms with Crippen molar-refractivity contribution in [2.45, 2.75) is 44.2 Å². The summed E-state index contributed by atoms with van der Waals surface area (Å²) in [6, 6.07) is 6.95. The maximum Gasteiger partial charge on any atom is 0.272 e. The fourth-order valence-corrected chi connectivity index (χ4v) is 2.64. The number of nitrogens with one attached hydrogen (secondary N) is 1. The summed E-state index contributed by atoms with van der Waals surface area (Å²) < 4.78 is 0. The molecule has 5 nitrogen and oxygen atoms in total. The predicted octanol–water partition coefficient (Wildman–Crippen LogP) is 2.03. The van der Waals surface area contributed by atoms with E-state index in [0.29, 0.717) is 13.0 Å². The molecule has 0 saturated heterocycles. The van der Waals surface area contributed by atoms with Gasteiger partial charge < -0.3 is 10.4 Å². The van der Waals surface area contributed by atoms with E-state index in [1.807, 2.05) is 6.07 Å². The molecule has 0 bridgehead atoms. The molecular formula is C14H20N2O3. The molecule has 2 rings (SSSR count). The molecular weight excluding hydrogens is 244 g/mol. The van der Waals surface area contributed by atoms with Crippen molar-refractivity contribution in [3.63, 3.8) is 0 Å². The van der Waals surface area contributed by atoms with Gasteiger partial charge in [0.1, 0.15) is 0 Å². The van der Waals surface area contributed by atoms with E-state index in [4.69, 9.17) is 0 Å². The highest BCUT2D eigenvalue weighted by atomic mass is 16.6. The standard InChI is InChI=1S/C14H20N2O3/c17-14-8-4-2-6-12(14)15-10-9-11-5-1-3-7-13(11)16(18)19/h1,3,5,7,12,14-15,17H,2,4,6,8-10H2. The smallest absolute Gasteiger partial charge is 0.272 e. The van der Waals surface area contributed by atoms with Crippen LogP contribution in [0.4, 0.5) is 5.69 Å². The number of para-hydroxylation sites is 1. The molecule has 0 heterocycles. The van der Waals surface area contributed by atoms with Gasteiger partial charge in [0, 0.05) is 17.7 Å². The van der Waals surface area contributed by atoms with Crippen molar-refractivity contribution >= 4 is 5.69 Å². The van der Waals surface area contributed by atoms with Crippen LogP contribution in [0.2, 0.25) is 0 Å². The van der Waals surface area contributed by atoms with Gasteiger partial charge in [0.15, 0.2) is 0 Å². The van der Waals surface area contributed by atoms with Crippen LogP contribution in [0.25, 0.3) is 0 Å². The molecule has 0 radical (unpaired) electrons. The number of hydrogen-bond acceptors (Lipinski definition) is 4. The maximum absolute atomic E-state index is 10.9. The molecule has 1 aliphatic carbocycles. The van der Waals surface area contributed by atoms with E-state index in [9.17, 15) is 15.2 Å². The van der Waals surface area contributed by atoms with Crippen LogP contribution < -0.4 is 5.32 Å². The van der Waals surface area contributed by atoms with Crippen LogP contribution >= 0.6 is 0 Å². The molecule has 0 spiro atoms. The SMILES string of the molecule is O=[N+]([O-])c1ccccc1CCNC1CCCCC1O. The molecule has 1 saturated carbocycles. The fourth-order valence-electron chi connectivity index (χ4n) is 2.64. The van der Waals surface area contributed by atoms with E-state index in [1.165, 1.54) is 6.07 Å². The van der Waals surface area contributed by atoms with Gasteiger partial charge in [-0.3, -0.25) is 10.1 Å². The Morgan fingerprint density at radius 1 is 1.32 bits per heavy atom. The van der Waals surface area contributed by atoms with Gasteiger partial charge >= 0.3 is 0 Å². The largest absolute Gasteiger partial charge is 0.392 e. The molecule has 1 aromatic carbocycles. The highest BCUT2D eigenvalue weighted by molar-refractivity contribution is 5.39. The zero-order chi connectivity index (χ0) is 13.7. The second-order valence-corrected chi connectivity index (χ2v) is 5.05. The summed E-state index contributed by atoms with van der Waals surface area (Å²) in [7, 11) is 0.